The first-order chi connectivity index (χ1) is 17.3. The lowest BCUT2D eigenvalue weighted by Crippen LogP contribution is -2.28. The molecule has 0 N–H and O–H groups in total. The largest absolute Gasteiger partial charge is 0.493 e. The van der Waals surface area contributed by atoms with E-state index in [1.165, 1.54) is 11.8 Å². The van der Waals surface area contributed by atoms with Gasteiger partial charge in [-0.2, -0.15) is 0 Å². The second-order valence-electron chi connectivity index (χ2n) is 8.43. The van der Waals surface area contributed by atoms with Crippen LogP contribution < -0.4 is 14.4 Å². The summed E-state index contributed by atoms with van der Waals surface area (Å²) in [6, 6.07) is 17.9. The van der Waals surface area contributed by atoms with Gasteiger partial charge in [-0.1, -0.05) is 75.8 Å². The highest BCUT2D eigenvalue weighted by molar-refractivity contribution is 9.10. The molecule has 0 saturated carbocycles. The molecule has 0 radical (unpaired) electrons. The Bertz CT molecular complexity index is 1370. The standard InChI is InChI=1S/C29H26BrNO3S2/c1-5-6-22-14-21(15-25(33-4)27(22)34-17-20-8-10-23(30)11-9-20)16-26-28(32)31(29(35)36-26)24-12-7-18(2)13-19(24)3/h5,7-16H,1,6,17H2,2-4H3/b26-16+. The molecule has 184 valence electrons. The van der Waals surface area contributed by atoms with Gasteiger partial charge in [-0.25, -0.2) is 0 Å². The zero-order valence-electron chi connectivity index (χ0n) is 20.3. The van der Waals surface area contributed by atoms with E-state index in [9.17, 15) is 4.79 Å². The monoisotopic (exact) mass is 579 g/mol. The summed E-state index contributed by atoms with van der Waals surface area (Å²) < 4.78 is 13.4. The number of benzene rings is 3. The second kappa shape index (κ2) is 11.5. The number of methoxy groups -OCH3 is 1. The van der Waals surface area contributed by atoms with Crippen LogP contribution in [0.5, 0.6) is 11.5 Å². The van der Waals surface area contributed by atoms with Crippen LogP contribution in [0.4, 0.5) is 5.69 Å². The van der Waals surface area contributed by atoms with Crippen LogP contribution in [0.15, 0.2) is 76.6 Å². The van der Waals surface area contributed by atoms with Gasteiger partial charge in [0.15, 0.2) is 15.8 Å². The topological polar surface area (TPSA) is 38.8 Å². The van der Waals surface area contributed by atoms with Crippen LogP contribution in [0.1, 0.15) is 27.8 Å². The maximum atomic E-state index is 13.3. The molecule has 4 rings (SSSR count). The van der Waals surface area contributed by atoms with Gasteiger partial charge in [-0.15, -0.1) is 6.58 Å². The quantitative estimate of drug-likeness (QED) is 0.155. The van der Waals surface area contributed by atoms with E-state index in [0.29, 0.717) is 33.8 Å². The maximum absolute atomic E-state index is 13.3. The second-order valence-corrected chi connectivity index (χ2v) is 11.0. The van der Waals surface area contributed by atoms with Crippen LogP contribution >= 0.6 is 39.9 Å². The van der Waals surface area contributed by atoms with Gasteiger partial charge in [-0.05, 0) is 73.4 Å². The number of aryl methyl sites for hydroxylation is 2. The summed E-state index contributed by atoms with van der Waals surface area (Å²) in [6.07, 6.45) is 4.28. The molecule has 0 atom stereocenters. The smallest absolute Gasteiger partial charge is 0.270 e. The van der Waals surface area contributed by atoms with Gasteiger partial charge in [0.05, 0.1) is 17.7 Å². The Morgan fingerprint density at radius 3 is 2.53 bits per heavy atom. The molecule has 1 amide bonds. The first-order valence-corrected chi connectivity index (χ1v) is 13.4. The first kappa shape index (κ1) is 26.2. The first-order valence-electron chi connectivity index (χ1n) is 11.3. The Morgan fingerprint density at radius 2 is 1.86 bits per heavy atom. The Labute approximate surface area is 230 Å². The van der Waals surface area contributed by atoms with Crippen LogP contribution in [0, 0.1) is 13.8 Å². The number of allylic oxidation sites excluding steroid dienone is 1. The summed E-state index contributed by atoms with van der Waals surface area (Å²) in [6.45, 7) is 8.32. The van der Waals surface area contributed by atoms with Gasteiger partial charge in [0.2, 0.25) is 0 Å². The maximum Gasteiger partial charge on any atom is 0.270 e. The Balaban J connectivity index is 1.64. The van der Waals surface area contributed by atoms with Crippen molar-refractivity contribution in [3.63, 3.8) is 0 Å². The van der Waals surface area contributed by atoms with Crippen molar-refractivity contribution in [1.82, 2.24) is 0 Å². The predicted molar refractivity (Wildman–Crippen MR) is 157 cm³/mol. The van der Waals surface area contributed by atoms with E-state index in [2.05, 4.69) is 28.6 Å². The zero-order chi connectivity index (χ0) is 25.8. The number of ether oxygens (including phenoxy) is 2. The number of halogens is 1. The third-order valence-corrected chi connectivity index (χ3v) is 7.55. The minimum atomic E-state index is -0.128. The zero-order valence-corrected chi connectivity index (χ0v) is 23.6. The fourth-order valence-electron chi connectivity index (χ4n) is 4.01. The number of hydrogen-bond donors (Lipinski definition) is 0. The van der Waals surface area contributed by atoms with Crippen molar-refractivity contribution < 1.29 is 14.3 Å². The van der Waals surface area contributed by atoms with Crippen LogP contribution in [-0.2, 0) is 17.8 Å². The van der Waals surface area contributed by atoms with Crippen LogP contribution in [0.25, 0.3) is 6.08 Å². The summed E-state index contributed by atoms with van der Waals surface area (Å²) in [5.74, 6) is 1.14. The van der Waals surface area contributed by atoms with Gasteiger partial charge < -0.3 is 9.47 Å². The minimum absolute atomic E-state index is 0.128. The molecule has 1 aliphatic heterocycles. The highest BCUT2D eigenvalue weighted by Crippen LogP contribution is 2.40. The summed E-state index contributed by atoms with van der Waals surface area (Å²) in [4.78, 5) is 15.5. The molecule has 36 heavy (non-hydrogen) atoms. The Morgan fingerprint density at radius 1 is 1.11 bits per heavy atom. The number of rotatable bonds is 8. The molecule has 1 aliphatic rings. The van der Waals surface area contributed by atoms with E-state index < -0.39 is 0 Å². The molecule has 4 nitrogen and oxygen atoms in total. The lowest BCUT2D eigenvalue weighted by molar-refractivity contribution is -0.113. The number of carbonyl (C=O) groups excluding carboxylic acids is 1. The van der Waals surface area contributed by atoms with Crippen molar-refractivity contribution in [3.05, 3.63) is 104 Å². The van der Waals surface area contributed by atoms with Crippen LogP contribution in [0.2, 0.25) is 0 Å². The van der Waals surface area contributed by atoms with Crippen LogP contribution in [0.3, 0.4) is 0 Å². The van der Waals surface area contributed by atoms with Crippen LogP contribution in [-0.4, -0.2) is 17.3 Å². The number of nitrogens with zero attached hydrogens (tertiary/aromatic N) is 1. The number of carbonyl (C=O) groups is 1. The highest BCUT2D eigenvalue weighted by Gasteiger charge is 2.34. The molecule has 3 aromatic carbocycles. The summed E-state index contributed by atoms with van der Waals surface area (Å²) in [5.41, 5.74) is 5.77. The lowest BCUT2D eigenvalue weighted by Gasteiger charge is -2.17. The molecule has 0 unspecified atom stereocenters. The van der Waals surface area contributed by atoms with E-state index >= 15 is 0 Å². The molecule has 1 saturated heterocycles. The minimum Gasteiger partial charge on any atom is -0.493 e. The normalized spacial score (nSPS) is 14.4. The molecule has 0 aliphatic carbocycles. The lowest BCUT2D eigenvalue weighted by atomic mass is 10.0. The number of thiocarbonyl (C=S) groups is 1. The highest BCUT2D eigenvalue weighted by atomic mass is 79.9. The molecule has 1 fully saturated rings. The molecule has 7 heteroatoms. The SMILES string of the molecule is C=CCc1cc(/C=C2/SC(=S)N(c3ccc(C)cc3C)C2=O)cc(OC)c1OCc1ccc(Br)cc1. The van der Waals surface area contributed by atoms with Gasteiger partial charge in [0, 0.05) is 10.0 Å². The van der Waals surface area contributed by atoms with E-state index in [1.54, 1.807) is 12.0 Å². The molecule has 3 aromatic rings. The number of hydrogen-bond acceptors (Lipinski definition) is 5. The van der Waals surface area contributed by atoms with Gasteiger partial charge >= 0.3 is 0 Å². The average molecular weight is 581 g/mol. The number of amides is 1. The Kier molecular flexibility index (Phi) is 8.34. The molecule has 0 aromatic heterocycles. The van der Waals surface area contributed by atoms with Crippen molar-refractivity contribution in [2.45, 2.75) is 26.9 Å². The van der Waals surface area contributed by atoms with Gasteiger partial charge in [0.1, 0.15) is 6.61 Å². The predicted octanol–water partition coefficient (Wildman–Crippen LogP) is 7.79. The van der Waals surface area contributed by atoms with Gasteiger partial charge in [0.25, 0.3) is 5.91 Å². The van der Waals surface area contributed by atoms with Crippen molar-refractivity contribution >= 4 is 61.9 Å². The summed E-state index contributed by atoms with van der Waals surface area (Å²) in [5, 5.41) is 0. The van der Waals surface area contributed by atoms with E-state index in [0.717, 1.165) is 38.0 Å². The third-order valence-electron chi connectivity index (χ3n) is 5.72. The number of anilines is 1. The molecule has 1 heterocycles. The van der Waals surface area contributed by atoms with Crippen molar-refractivity contribution in [3.8, 4) is 11.5 Å². The van der Waals surface area contributed by atoms with E-state index in [1.807, 2.05) is 74.5 Å². The molecular formula is C29H26BrNO3S2. The fraction of sp³-hybridized carbons (Fsp3) is 0.172. The fourth-order valence-corrected chi connectivity index (χ4v) is 5.56. The summed E-state index contributed by atoms with van der Waals surface area (Å²) in [7, 11) is 1.61. The average Bonchev–Trinajstić information content (AvgIpc) is 3.12. The Hall–Kier alpha value is -2.87. The molecule has 0 spiro atoms. The molecular weight excluding hydrogens is 554 g/mol. The molecule has 0 bridgehead atoms. The summed E-state index contributed by atoms with van der Waals surface area (Å²) >= 11 is 10.3. The van der Waals surface area contributed by atoms with E-state index in [-0.39, 0.29) is 5.91 Å². The number of thioether (sulfide) groups is 1. The van der Waals surface area contributed by atoms with Crippen molar-refractivity contribution in [2.24, 2.45) is 0 Å². The van der Waals surface area contributed by atoms with E-state index in [4.69, 9.17) is 21.7 Å². The van der Waals surface area contributed by atoms with Crippen molar-refractivity contribution in [1.29, 1.82) is 0 Å². The van der Waals surface area contributed by atoms with Crippen molar-refractivity contribution in [2.75, 3.05) is 12.0 Å². The van der Waals surface area contributed by atoms with Gasteiger partial charge in [-0.3, -0.25) is 9.69 Å². The third kappa shape index (κ3) is 5.75.